The van der Waals surface area contributed by atoms with Gasteiger partial charge in [-0.15, -0.1) is 11.8 Å². The molecule has 0 spiro atoms. The molecule has 3 aromatic rings. The number of rotatable bonds is 7. The minimum absolute atomic E-state index is 0.0637. The number of aryl methyl sites for hydroxylation is 1. The number of imidazole rings is 1. The van der Waals surface area contributed by atoms with E-state index in [-0.39, 0.29) is 4.75 Å². The standard InChI is InChI=1S/C20H20BrClN2S/c1-20(14-24-13-12-23-15-24,25-19-8-4-17(21)5-9-19)11-10-16-2-6-18(22)7-3-16/h2-9,12-13,15H,10-11,14H2,1H3. The minimum atomic E-state index is 0.0637. The first-order chi connectivity index (χ1) is 12.0. The summed E-state index contributed by atoms with van der Waals surface area (Å²) in [6.07, 6.45) is 7.84. The van der Waals surface area contributed by atoms with Crippen molar-refractivity contribution >= 4 is 39.3 Å². The molecule has 25 heavy (non-hydrogen) atoms. The lowest BCUT2D eigenvalue weighted by Crippen LogP contribution is -2.27. The van der Waals surface area contributed by atoms with Crippen LogP contribution in [0.3, 0.4) is 0 Å². The lowest BCUT2D eigenvalue weighted by Gasteiger charge is -2.30. The van der Waals surface area contributed by atoms with E-state index in [1.54, 1.807) is 0 Å². The van der Waals surface area contributed by atoms with Crippen molar-refractivity contribution in [2.24, 2.45) is 0 Å². The second-order valence-electron chi connectivity index (χ2n) is 6.37. The predicted octanol–water partition coefficient (Wildman–Crippen LogP) is 6.48. The second-order valence-corrected chi connectivity index (χ2v) is 9.38. The molecule has 0 N–H and O–H groups in total. The molecule has 2 aromatic carbocycles. The van der Waals surface area contributed by atoms with Gasteiger partial charge in [-0.3, -0.25) is 0 Å². The minimum Gasteiger partial charge on any atom is -0.336 e. The van der Waals surface area contributed by atoms with Crippen molar-refractivity contribution in [2.75, 3.05) is 0 Å². The SMILES string of the molecule is CC(CCc1ccc(Cl)cc1)(Cn1ccnc1)Sc1ccc(Br)cc1. The Morgan fingerprint density at radius 1 is 1.12 bits per heavy atom. The molecule has 3 rings (SSSR count). The Morgan fingerprint density at radius 2 is 1.84 bits per heavy atom. The topological polar surface area (TPSA) is 17.8 Å². The predicted molar refractivity (Wildman–Crippen MR) is 110 cm³/mol. The maximum Gasteiger partial charge on any atom is 0.0946 e. The van der Waals surface area contributed by atoms with Crippen molar-refractivity contribution in [1.29, 1.82) is 0 Å². The van der Waals surface area contributed by atoms with Gasteiger partial charge in [0.2, 0.25) is 0 Å². The molecule has 0 saturated heterocycles. The number of aromatic nitrogens is 2. The van der Waals surface area contributed by atoms with E-state index in [2.05, 4.69) is 68.8 Å². The fourth-order valence-electron chi connectivity index (χ4n) is 2.78. The zero-order valence-corrected chi connectivity index (χ0v) is 17.2. The highest BCUT2D eigenvalue weighted by Gasteiger charge is 2.26. The van der Waals surface area contributed by atoms with E-state index in [1.165, 1.54) is 10.5 Å². The molecule has 5 heteroatoms. The van der Waals surface area contributed by atoms with Crippen molar-refractivity contribution in [3.8, 4) is 0 Å². The maximum absolute atomic E-state index is 6.00. The summed E-state index contributed by atoms with van der Waals surface area (Å²) in [6.45, 7) is 3.25. The average Bonchev–Trinajstić information content (AvgIpc) is 3.09. The Bertz CT molecular complexity index is 788. The van der Waals surface area contributed by atoms with Gasteiger partial charge in [0.15, 0.2) is 0 Å². The Balaban J connectivity index is 1.75. The Labute approximate surface area is 166 Å². The molecule has 1 unspecified atom stereocenters. The molecule has 0 fully saturated rings. The van der Waals surface area contributed by atoms with Crippen molar-refractivity contribution in [2.45, 2.75) is 36.0 Å². The smallest absolute Gasteiger partial charge is 0.0946 e. The number of halogens is 2. The fourth-order valence-corrected chi connectivity index (χ4v) is 4.43. The van der Waals surface area contributed by atoms with Gasteiger partial charge in [-0.25, -0.2) is 4.98 Å². The van der Waals surface area contributed by atoms with Crippen LogP contribution in [0.2, 0.25) is 5.02 Å². The molecule has 2 nitrogen and oxygen atoms in total. The Kier molecular flexibility index (Phi) is 6.26. The second kappa shape index (κ2) is 8.43. The number of nitrogens with zero attached hydrogens (tertiary/aromatic N) is 2. The van der Waals surface area contributed by atoms with Gasteiger partial charge in [-0.05, 0) is 61.7 Å². The molecule has 1 heterocycles. The quantitative estimate of drug-likeness (QED) is 0.395. The zero-order valence-electron chi connectivity index (χ0n) is 14.0. The molecule has 1 aromatic heterocycles. The normalized spacial score (nSPS) is 13.6. The maximum atomic E-state index is 6.00. The van der Waals surface area contributed by atoms with Crippen molar-refractivity contribution in [3.63, 3.8) is 0 Å². The highest BCUT2D eigenvalue weighted by atomic mass is 79.9. The molecule has 1 atom stereocenters. The summed E-state index contributed by atoms with van der Waals surface area (Å²) in [5.41, 5.74) is 1.32. The molecule has 0 saturated carbocycles. The highest BCUT2D eigenvalue weighted by Crippen LogP contribution is 2.38. The van der Waals surface area contributed by atoms with Gasteiger partial charge in [0.1, 0.15) is 0 Å². The summed E-state index contributed by atoms with van der Waals surface area (Å²) < 4.78 is 3.33. The molecule has 0 bridgehead atoms. The summed E-state index contributed by atoms with van der Waals surface area (Å²) in [5, 5.41) is 0.786. The number of thioether (sulfide) groups is 1. The van der Waals surface area contributed by atoms with E-state index in [9.17, 15) is 0 Å². The van der Waals surface area contributed by atoms with Crippen LogP contribution in [0, 0.1) is 0 Å². The van der Waals surface area contributed by atoms with Gasteiger partial charge in [-0.2, -0.15) is 0 Å². The summed E-state index contributed by atoms with van der Waals surface area (Å²) in [4.78, 5) is 5.47. The van der Waals surface area contributed by atoms with E-state index in [0.29, 0.717) is 0 Å². The van der Waals surface area contributed by atoms with Crippen LogP contribution in [-0.4, -0.2) is 14.3 Å². The van der Waals surface area contributed by atoms with Gasteiger partial charge in [-0.1, -0.05) is 39.7 Å². The van der Waals surface area contributed by atoms with E-state index in [1.807, 2.05) is 42.6 Å². The Hall–Kier alpha value is -1.23. The molecule has 0 aliphatic rings. The highest BCUT2D eigenvalue weighted by molar-refractivity contribution is 9.10. The fraction of sp³-hybridized carbons (Fsp3) is 0.250. The molecule has 0 aliphatic carbocycles. The van der Waals surface area contributed by atoms with Crippen LogP contribution in [-0.2, 0) is 13.0 Å². The summed E-state index contributed by atoms with van der Waals surface area (Å²) in [7, 11) is 0. The molecule has 0 aliphatic heterocycles. The largest absolute Gasteiger partial charge is 0.336 e. The molecular formula is C20H20BrClN2S. The van der Waals surface area contributed by atoms with Gasteiger partial charge >= 0.3 is 0 Å². The van der Waals surface area contributed by atoms with Crippen molar-refractivity contribution < 1.29 is 0 Å². The van der Waals surface area contributed by atoms with Crippen LogP contribution in [0.4, 0.5) is 0 Å². The van der Waals surface area contributed by atoms with Crippen LogP contribution >= 0.6 is 39.3 Å². The number of benzene rings is 2. The molecular weight excluding hydrogens is 416 g/mol. The van der Waals surface area contributed by atoms with Crippen LogP contribution in [0.25, 0.3) is 0 Å². The van der Waals surface area contributed by atoms with E-state index >= 15 is 0 Å². The summed E-state index contributed by atoms with van der Waals surface area (Å²) in [5.74, 6) is 0. The van der Waals surface area contributed by atoms with Crippen molar-refractivity contribution in [3.05, 3.63) is 82.3 Å². The van der Waals surface area contributed by atoms with E-state index < -0.39 is 0 Å². The van der Waals surface area contributed by atoms with Gasteiger partial charge < -0.3 is 4.57 Å². The van der Waals surface area contributed by atoms with Crippen molar-refractivity contribution in [1.82, 2.24) is 9.55 Å². The third kappa shape index (κ3) is 5.63. The number of hydrogen-bond donors (Lipinski definition) is 0. The zero-order chi connectivity index (χ0) is 17.7. The molecule has 0 amide bonds. The Morgan fingerprint density at radius 3 is 2.48 bits per heavy atom. The number of hydrogen-bond acceptors (Lipinski definition) is 2. The first-order valence-corrected chi connectivity index (χ1v) is 10.2. The lowest BCUT2D eigenvalue weighted by molar-refractivity contribution is 0.495. The van der Waals surface area contributed by atoms with Crippen LogP contribution < -0.4 is 0 Å². The lowest BCUT2D eigenvalue weighted by atomic mass is 10.00. The summed E-state index contributed by atoms with van der Waals surface area (Å²) >= 11 is 11.4. The van der Waals surface area contributed by atoms with Crippen LogP contribution in [0.15, 0.2) is 76.6 Å². The third-order valence-corrected chi connectivity index (χ3v) is 6.22. The van der Waals surface area contributed by atoms with Gasteiger partial charge in [0, 0.05) is 38.1 Å². The van der Waals surface area contributed by atoms with E-state index in [4.69, 9.17) is 11.6 Å². The summed E-state index contributed by atoms with van der Waals surface area (Å²) in [6, 6.07) is 16.7. The first-order valence-electron chi connectivity index (χ1n) is 8.17. The third-order valence-electron chi connectivity index (χ3n) is 4.11. The van der Waals surface area contributed by atoms with E-state index in [0.717, 1.165) is 28.9 Å². The molecule has 130 valence electrons. The van der Waals surface area contributed by atoms with Crippen LogP contribution in [0.5, 0.6) is 0 Å². The first kappa shape index (κ1) is 18.6. The molecule has 0 radical (unpaired) electrons. The average molecular weight is 436 g/mol. The van der Waals surface area contributed by atoms with Gasteiger partial charge in [0.25, 0.3) is 0 Å². The van der Waals surface area contributed by atoms with Crippen LogP contribution in [0.1, 0.15) is 18.9 Å². The van der Waals surface area contributed by atoms with Gasteiger partial charge in [0.05, 0.1) is 6.33 Å². The monoisotopic (exact) mass is 434 g/mol.